The molecular formula is C36H31FN2O8S. The number of carbonyl (C=O) groups excluding carboxylic acids is 1. The lowest BCUT2D eigenvalue weighted by molar-refractivity contribution is 0.0692. The number of phenolic OH excluding ortho intramolecular Hbond substituents is 1. The van der Waals surface area contributed by atoms with E-state index in [1.807, 2.05) is 25.1 Å². The van der Waals surface area contributed by atoms with Crippen LogP contribution in [0.5, 0.6) is 17.2 Å². The molecule has 1 amide bonds. The van der Waals surface area contributed by atoms with Gasteiger partial charge in [0.05, 0.1) is 17.7 Å². The van der Waals surface area contributed by atoms with Crippen molar-refractivity contribution in [3.8, 4) is 28.4 Å². The number of benzene rings is 5. The molecular weight excluding hydrogens is 639 g/mol. The molecule has 0 radical (unpaired) electrons. The van der Waals surface area contributed by atoms with Crippen LogP contribution in [-0.2, 0) is 23.2 Å². The van der Waals surface area contributed by atoms with Gasteiger partial charge in [0.2, 0.25) is 0 Å². The lowest BCUT2D eigenvalue weighted by Gasteiger charge is -2.14. The smallest absolute Gasteiger partial charge is 0.339 e. The van der Waals surface area contributed by atoms with Crippen LogP contribution >= 0.6 is 0 Å². The molecule has 0 saturated carbocycles. The lowest BCUT2D eigenvalue weighted by Crippen LogP contribution is -2.22. The number of halogens is 1. The van der Waals surface area contributed by atoms with Gasteiger partial charge in [-0.1, -0.05) is 48.5 Å². The number of nitrogens with one attached hydrogen (secondary N) is 2. The first-order chi connectivity index (χ1) is 22.9. The predicted octanol–water partition coefficient (Wildman–Crippen LogP) is 6.52. The average Bonchev–Trinajstić information content (AvgIpc) is 3.08. The Balaban J connectivity index is 1.19. The number of aryl methyl sites for hydroxylation is 1. The molecule has 0 saturated heterocycles. The molecule has 5 rings (SSSR count). The van der Waals surface area contributed by atoms with Gasteiger partial charge in [-0.2, -0.15) is 0 Å². The van der Waals surface area contributed by atoms with Crippen molar-refractivity contribution in [2.24, 2.45) is 0 Å². The second-order valence-electron chi connectivity index (χ2n) is 10.7. The topological polar surface area (TPSA) is 151 Å². The van der Waals surface area contributed by atoms with Crippen LogP contribution in [0, 0.1) is 12.7 Å². The van der Waals surface area contributed by atoms with Crippen LogP contribution in [0.2, 0.25) is 0 Å². The van der Waals surface area contributed by atoms with Crippen molar-refractivity contribution in [2.45, 2.75) is 25.0 Å². The minimum atomic E-state index is -4.34. The molecule has 0 atom stereocenters. The number of hydrogen-bond acceptors (Lipinski definition) is 7. The van der Waals surface area contributed by atoms with Crippen molar-refractivity contribution in [1.82, 2.24) is 5.32 Å². The number of carboxylic acid groups (broad SMARTS) is 1. The summed E-state index contributed by atoms with van der Waals surface area (Å²) in [6.45, 7) is 1.87. The van der Waals surface area contributed by atoms with Crippen LogP contribution in [-0.4, -0.2) is 37.6 Å². The third kappa shape index (κ3) is 7.73. The maximum atomic E-state index is 15.4. The number of carbonyl (C=O) groups is 2. The molecule has 48 heavy (non-hydrogen) atoms. The van der Waals surface area contributed by atoms with E-state index in [0.717, 1.165) is 34.4 Å². The van der Waals surface area contributed by atoms with Crippen LogP contribution < -0.4 is 19.5 Å². The molecule has 246 valence electrons. The van der Waals surface area contributed by atoms with Gasteiger partial charge >= 0.3 is 5.97 Å². The van der Waals surface area contributed by atoms with Gasteiger partial charge in [0, 0.05) is 17.7 Å². The third-order valence-electron chi connectivity index (χ3n) is 7.46. The second-order valence-corrected chi connectivity index (χ2v) is 12.4. The number of aromatic carboxylic acids is 1. The summed E-state index contributed by atoms with van der Waals surface area (Å²) >= 11 is 0. The molecule has 4 N–H and O–H groups in total. The van der Waals surface area contributed by atoms with Crippen LogP contribution in [0.4, 0.5) is 10.1 Å². The zero-order chi connectivity index (χ0) is 34.4. The number of amides is 1. The second kappa shape index (κ2) is 14.3. The maximum absolute atomic E-state index is 15.4. The van der Waals surface area contributed by atoms with Crippen molar-refractivity contribution >= 4 is 27.6 Å². The Bertz CT molecular complexity index is 2080. The van der Waals surface area contributed by atoms with E-state index < -0.39 is 21.8 Å². The standard InChI is InChI=1S/C36H31FN2O8S/c1-22-18-23(20-38-35(41)26-9-7-24(8-10-26)25-11-13-28(40)14-12-25)6-16-32(22)47-21-27-4-3-5-31(34(27)37)39-48(44,45)29-15-17-33(46-2)30(19-29)36(42)43/h3-19,39-40H,20-21H2,1-2H3,(H,38,41)(H,42,43). The van der Waals surface area contributed by atoms with E-state index in [-0.39, 0.29) is 52.3 Å². The normalized spacial score (nSPS) is 11.1. The molecule has 0 aliphatic rings. The highest BCUT2D eigenvalue weighted by Crippen LogP contribution is 2.28. The molecule has 12 heteroatoms. The quantitative estimate of drug-likeness (QED) is 0.117. The highest BCUT2D eigenvalue weighted by atomic mass is 32.2. The SMILES string of the molecule is COc1ccc(S(=O)(=O)Nc2cccc(COc3ccc(CNC(=O)c4ccc(-c5ccc(O)cc5)cc4)cc3C)c2F)cc1C(=O)O. The molecule has 10 nitrogen and oxygen atoms in total. The van der Waals surface area contributed by atoms with Gasteiger partial charge in [-0.15, -0.1) is 0 Å². The van der Waals surface area contributed by atoms with Gasteiger partial charge in [-0.05, 0) is 83.8 Å². The Morgan fingerprint density at radius 2 is 1.52 bits per heavy atom. The molecule has 5 aromatic rings. The number of sulfonamides is 1. The van der Waals surface area contributed by atoms with Gasteiger partial charge in [-0.25, -0.2) is 17.6 Å². The number of rotatable bonds is 12. The van der Waals surface area contributed by atoms with Gasteiger partial charge in [-0.3, -0.25) is 9.52 Å². The summed E-state index contributed by atoms with van der Waals surface area (Å²) in [6.07, 6.45) is 0. The van der Waals surface area contributed by atoms with E-state index in [4.69, 9.17) is 9.47 Å². The van der Waals surface area contributed by atoms with E-state index in [1.54, 1.807) is 48.5 Å². The first kappa shape index (κ1) is 33.5. The van der Waals surface area contributed by atoms with Gasteiger partial charge in [0.1, 0.15) is 29.4 Å². The number of anilines is 1. The fraction of sp³-hybridized carbons (Fsp3) is 0.111. The Labute approximate surface area is 276 Å². The molecule has 0 aliphatic carbocycles. The first-order valence-corrected chi connectivity index (χ1v) is 16.0. The summed E-state index contributed by atoms with van der Waals surface area (Å²) in [5, 5.41) is 21.8. The first-order valence-electron chi connectivity index (χ1n) is 14.6. The van der Waals surface area contributed by atoms with Gasteiger partial charge in [0.25, 0.3) is 15.9 Å². The molecule has 0 bridgehead atoms. The molecule has 5 aromatic carbocycles. The molecule has 0 fully saturated rings. The largest absolute Gasteiger partial charge is 0.508 e. The number of hydrogen-bond donors (Lipinski definition) is 4. The Hall–Kier alpha value is -5.88. The highest BCUT2D eigenvalue weighted by molar-refractivity contribution is 7.92. The number of ether oxygens (including phenoxy) is 2. The average molecular weight is 671 g/mol. The molecule has 0 aromatic heterocycles. The zero-order valence-electron chi connectivity index (χ0n) is 25.9. The van der Waals surface area contributed by atoms with Crippen LogP contribution in [0.1, 0.15) is 37.4 Å². The van der Waals surface area contributed by atoms with Crippen molar-refractivity contribution in [2.75, 3.05) is 11.8 Å². The van der Waals surface area contributed by atoms with Gasteiger partial charge in [0.15, 0.2) is 5.82 Å². The van der Waals surface area contributed by atoms with Crippen molar-refractivity contribution < 1.29 is 42.1 Å². The number of methoxy groups -OCH3 is 1. The Morgan fingerprint density at radius 1 is 0.854 bits per heavy atom. The van der Waals surface area contributed by atoms with Crippen LogP contribution in [0.25, 0.3) is 11.1 Å². The summed E-state index contributed by atoms with van der Waals surface area (Å²) in [6, 6.07) is 26.7. The van der Waals surface area contributed by atoms with E-state index >= 15 is 4.39 Å². The number of phenols is 1. The number of aromatic hydroxyl groups is 1. The van der Waals surface area contributed by atoms with Crippen molar-refractivity contribution in [1.29, 1.82) is 0 Å². The van der Waals surface area contributed by atoms with E-state index in [9.17, 15) is 28.2 Å². The fourth-order valence-corrected chi connectivity index (χ4v) is 5.97. The van der Waals surface area contributed by atoms with Crippen LogP contribution in [0.3, 0.4) is 0 Å². The maximum Gasteiger partial charge on any atom is 0.339 e. The minimum Gasteiger partial charge on any atom is -0.508 e. The van der Waals surface area contributed by atoms with Gasteiger partial charge < -0.3 is 25.0 Å². The molecule has 0 unspecified atom stereocenters. The molecule has 0 spiro atoms. The summed E-state index contributed by atoms with van der Waals surface area (Å²) in [7, 11) is -3.08. The minimum absolute atomic E-state index is 0.0195. The van der Waals surface area contributed by atoms with Crippen molar-refractivity contribution in [3.63, 3.8) is 0 Å². The summed E-state index contributed by atoms with van der Waals surface area (Å²) in [5.74, 6) is -1.84. The van der Waals surface area contributed by atoms with E-state index in [2.05, 4.69) is 10.0 Å². The Kier molecular flexibility index (Phi) is 9.95. The van der Waals surface area contributed by atoms with Crippen molar-refractivity contribution in [3.05, 3.63) is 137 Å². The highest BCUT2D eigenvalue weighted by Gasteiger charge is 2.22. The third-order valence-corrected chi connectivity index (χ3v) is 8.82. The van der Waals surface area contributed by atoms with E-state index in [1.165, 1.54) is 31.4 Å². The van der Waals surface area contributed by atoms with Crippen LogP contribution in [0.15, 0.2) is 108 Å². The predicted molar refractivity (Wildman–Crippen MR) is 177 cm³/mol. The molecule has 0 aliphatic heterocycles. The Morgan fingerprint density at radius 3 is 2.17 bits per heavy atom. The summed E-state index contributed by atoms with van der Waals surface area (Å²) < 4.78 is 54.3. The summed E-state index contributed by atoms with van der Waals surface area (Å²) in [4.78, 5) is 23.9. The monoisotopic (exact) mass is 670 g/mol. The fourth-order valence-electron chi connectivity index (χ4n) is 4.89. The van der Waals surface area contributed by atoms with E-state index in [0.29, 0.717) is 11.3 Å². The summed E-state index contributed by atoms with van der Waals surface area (Å²) in [5.41, 5.74) is 3.28. The lowest BCUT2D eigenvalue weighted by atomic mass is 10.0. The zero-order valence-corrected chi connectivity index (χ0v) is 26.7. The molecule has 0 heterocycles. The number of carboxylic acids is 1.